The van der Waals surface area contributed by atoms with Crippen LogP contribution < -0.4 is 10.5 Å². The Kier molecular flexibility index (Phi) is 4.49. The van der Waals surface area contributed by atoms with Gasteiger partial charge in [-0.15, -0.1) is 0 Å². The lowest BCUT2D eigenvalue weighted by atomic mass is 10.1. The van der Waals surface area contributed by atoms with Crippen molar-refractivity contribution in [3.8, 4) is 0 Å². The molecular weight excluding hydrogens is 279 g/mol. The second-order valence-electron chi connectivity index (χ2n) is 4.30. The van der Waals surface area contributed by atoms with Crippen LogP contribution in [0.4, 0.5) is 4.39 Å². The van der Waals surface area contributed by atoms with Crippen molar-refractivity contribution in [2.75, 3.05) is 0 Å². The van der Waals surface area contributed by atoms with E-state index in [1.165, 1.54) is 18.2 Å². The molecule has 0 spiro atoms. The molecule has 0 aromatic heterocycles. The predicted molar refractivity (Wildman–Crippen MR) is 74.8 cm³/mol. The number of halogens is 1. The summed E-state index contributed by atoms with van der Waals surface area (Å²) in [6.07, 6.45) is 0. The molecule has 2 aromatic rings. The van der Waals surface area contributed by atoms with Crippen molar-refractivity contribution in [2.24, 2.45) is 5.73 Å². The number of rotatable bonds is 5. The zero-order chi connectivity index (χ0) is 14.6. The van der Waals surface area contributed by atoms with Crippen LogP contribution in [0.2, 0.25) is 0 Å². The fourth-order valence-corrected chi connectivity index (χ4v) is 2.74. The molecular formula is C14H15FN2O2S. The Labute approximate surface area is 117 Å². The van der Waals surface area contributed by atoms with Gasteiger partial charge in [0.15, 0.2) is 0 Å². The van der Waals surface area contributed by atoms with E-state index in [2.05, 4.69) is 4.72 Å². The van der Waals surface area contributed by atoms with Crippen molar-refractivity contribution in [2.45, 2.75) is 18.0 Å². The topological polar surface area (TPSA) is 72.2 Å². The maximum Gasteiger partial charge on any atom is 0.240 e. The van der Waals surface area contributed by atoms with Crippen LogP contribution >= 0.6 is 0 Å². The summed E-state index contributed by atoms with van der Waals surface area (Å²) in [6, 6.07) is 12.2. The van der Waals surface area contributed by atoms with Gasteiger partial charge in [0.25, 0.3) is 0 Å². The van der Waals surface area contributed by atoms with E-state index in [1.54, 1.807) is 12.1 Å². The van der Waals surface area contributed by atoms with Crippen molar-refractivity contribution in [3.63, 3.8) is 0 Å². The van der Waals surface area contributed by atoms with Gasteiger partial charge < -0.3 is 5.73 Å². The largest absolute Gasteiger partial charge is 0.326 e. The Morgan fingerprint density at radius 1 is 1.05 bits per heavy atom. The molecule has 20 heavy (non-hydrogen) atoms. The van der Waals surface area contributed by atoms with Gasteiger partial charge in [-0.1, -0.05) is 30.3 Å². The van der Waals surface area contributed by atoms with Crippen LogP contribution in [0.5, 0.6) is 0 Å². The van der Waals surface area contributed by atoms with Gasteiger partial charge in [-0.25, -0.2) is 17.5 Å². The van der Waals surface area contributed by atoms with Crippen LogP contribution in [0.3, 0.4) is 0 Å². The number of nitrogens with two attached hydrogens (primary N) is 1. The fourth-order valence-electron chi connectivity index (χ4n) is 1.69. The zero-order valence-corrected chi connectivity index (χ0v) is 11.5. The molecule has 0 aliphatic rings. The summed E-state index contributed by atoms with van der Waals surface area (Å²) in [5.74, 6) is -0.583. The van der Waals surface area contributed by atoms with Crippen LogP contribution in [0.15, 0.2) is 53.4 Å². The Hall–Kier alpha value is -1.76. The van der Waals surface area contributed by atoms with Crippen molar-refractivity contribution in [1.82, 2.24) is 4.72 Å². The highest BCUT2D eigenvalue weighted by molar-refractivity contribution is 7.89. The minimum absolute atomic E-state index is 0.0870. The van der Waals surface area contributed by atoms with E-state index >= 15 is 0 Å². The first-order chi connectivity index (χ1) is 9.51. The van der Waals surface area contributed by atoms with E-state index in [9.17, 15) is 12.8 Å². The van der Waals surface area contributed by atoms with Crippen LogP contribution in [0.25, 0.3) is 0 Å². The molecule has 0 fully saturated rings. The van der Waals surface area contributed by atoms with E-state index in [0.29, 0.717) is 6.54 Å². The maximum absolute atomic E-state index is 13.0. The second kappa shape index (κ2) is 6.13. The summed E-state index contributed by atoms with van der Waals surface area (Å²) in [7, 11) is -3.71. The van der Waals surface area contributed by atoms with Crippen molar-refractivity contribution in [3.05, 3.63) is 65.5 Å². The predicted octanol–water partition coefficient (Wildman–Crippen LogP) is 1.76. The van der Waals surface area contributed by atoms with E-state index in [4.69, 9.17) is 5.73 Å². The minimum Gasteiger partial charge on any atom is -0.326 e. The average Bonchev–Trinajstić information content (AvgIpc) is 2.46. The molecule has 3 N–H and O–H groups in total. The number of hydrogen-bond acceptors (Lipinski definition) is 3. The Balaban J connectivity index is 2.09. The highest BCUT2D eigenvalue weighted by atomic mass is 32.2. The van der Waals surface area contributed by atoms with Gasteiger partial charge in [0.2, 0.25) is 10.0 Å². The maximum atomic E-state index is 13.0. The highest BCUT2D eigenvalue weighted by Gasteiger charge is 2.14. The molecule has 2 rings (SSSR count). The van der Waals surface area contributed by atoms with Crippen molar-refractivity contribution in [1.29, 1.82) is 0 Å². The minimum atomic E-state index is -3.71. The molecule has 0 saturated heterocycles. The van der Waals surface area contributed by atoms with Gasteiger partial charge in [-0.2, -0.15) is 0 Å². The molecule has 0 saturated carbocycles. The molecule has 0 heterocycles. The molecule has 0 unspecified atom stereocenters. The van der Waals surface area contributed by atoms with Gasteiger partial charge in [0.1, 0.15) is 5.82 Å². The van der Waals surface area contributed by atoms with Gasteiger partial charge in [0.05, 0.1) is 4.90 Å². The summed E-state index contributed by atoms with van der Waals surface area (Å²) < 4.78 is 39.4. The van der Waals surface area contributed by atoms with Crippen LogP contribution in [-0.2, 0) is 23.1 Å². The third kappa shape index (κ3) is 3.63. The van der Waals surface area contributed by atoms with E-state index in [-0.39, 0.29) is 11.4 Å². The molecule has 0 bridgehead atoms. The molecule has 4 nitrogen and oxygen atoms in total. The first-order valence-corrected chi connectivity index (χ1v) is 7.53. The zero-order valence-electron chi connectivity index (χ0n) is 10.7. The van der Waals surface area contributed by atoms with E-state index in [1.807, 2.05) is 12.1 Å². The number of hydrogen-bond donors (Lipinski definition) is 2. The van der Waals surface area contributed by atoms with Gasteiger partial charge in [-0.3, -0.25) is 0 Å². The van der Waals surface area contributed by atoms with Gasteiger partial charge in [-0.05, 0) is 29.3 Å². The normalized spacial score (nSPS) is 11.5. The molecule has 0 amide bonds. The summed E-state index contributed by atoms with van der Waals surface area (Å²) in [5, 5.41) is 0. The van der Waals surface area contributed by atoms with E-state index < -0.39 is 15.8 Å². The molecule has 106 valence electrons. The first-order valence-electron chi connectivity index (χ1n) is 6.04. The molecule has 0 aliphatic heterocycles. The number of sulfonamides is 1. The van der Waals surface area contributed by atoms with Crippen LogP contribution in [0, 0.1) is 5.82 Å². The first kappa shape index (κ1) is 14.6. The van der Waals surface area contributed by atoms with Crippen LogP contribution in [0.1, 0.15) is 11.1 Å². The number of nitrogens with one attached hydrogen (secondary N) is 1. The summed E-state index contributed by atoms with van der Waals surface area (Å²) in [5.41, 5.74) is 7.27. The standard InChI is InChI=1S/C14H15FN2O2S/c15-13-2-1-3-14(8-13)20(18,19)17-10-12-6-4-11(9-16)5-7-12/h1-8,17H,9-10,16H2. The lowest BCUT2D eigenvalue weighted by molar-refractivity contribution is 0.577. The van der Waals surface area contributed by atoms with E-state index in [0.717, 1.165) is 17.2 Å². The lowest BCUT2D eigenvalue weighted by Gasteiger charge is -2.07. The fraction of sp³-hybridized carbons (Fsp3) is 0.143. The molecule has 6 heteroatoms. The third-order valence-corrected chi connectivity index (χ3v) is 4.23. The van der Waals surface area contributed by atoms with Crippen molar-refractivity contribution >= 4 is 10.0 Å². The summed E-state index contributed by atoms with van der Waals surface area (Å²) in [4.78, 5) is -0.0870. The second-order valence-corrected chi connectivity index (χ2v) is 6.07. The number of benzene rings is 2. The van der Waals surface area contributed by atoms with Crippen LogP contribution in [-0.4, -0.2) is 8.42 Å². The Bertz CT molecular complexity index is 685. The van der Waals surface area contributed by atoms with Crippen molar-refractivity contribution < 1.29 is 12.8 Å². The highest BCUT2D eigenvalue weighted by Crippen LogP contribution is 2.11. The van der Waals surface area contributed by atoms with Gasteiger partial charge in [0, 0.05) is 13.1 Å². The quantitative estimate of drug-likeness (QED) is 0.882. The summed E-state index contributed by atoms with van der Waals surface area (Å²) >= 11 is 0. The Morgan fingerprint density at radius 3 is 2.30 bits per heavy atom. The molecule has 0 atom stereocenters. The molecule has 2 aromatic carbocycles. The third-order valence-electron chi connectivity index (χ3n) is 2.83. The average molecular weight is 294 g/mol. The molecule has 0 aliphatic carbocycles. The smallest absolute Gasteiger partial charge is 0.240 e. The Morgan fingerprint density at radius 2 is 1.70 bits per heavy atom. The van der Waals surface area contributed by atoms with Gasteiger partial charge >= 0.3 is 0 Å². The molecule has 0 radical (unpaired) electrons. The SMILES string of the molecule is NCc1ccc(CNS(=O)(=O)c2cccc(F)c2)cc1. The monoisotopic (exact) mass is 294 g/mol. The summed E-state index contributed by atoms with van der Waals surface area (Å²) in [6.45, 7) is 0.582. The lowest BCUT2D eigenvalue weighted by Crippen LogP contribution is -2.23.